The zero-order chi connectivity index (χ0) is 22.1. The summed E-state index contributed by atoms with van der Waals surface area (Å²) in [5.74, 6) is -0.0333. The molecule has 4 rings (SSSR count). The first kappa shape index (κ1) is 20.8. The number of fused-ring (bicyclic) bond motifs is 1. The van der Waals surface area contributed by atoms with Crippen molar-refractivity contribution in [3.63, 3.8) is 0 Å². The van der Waals surface area contributed by atoms with Crippen molar-refractivity contribution in [2.45, 2.75) is 0 Å². The highest BCUT2D eigenvalue weighted by atomic mass is 35.5. The molecule has 0 spiro atoms. The number of carbonyl (C=O) groups is 2. The van der Waals surface area contributed by atoms with E-state index in [1.165, 1.54) is 18.1 Å². The first-order valence-corrected chi connectivity index (χ1v) is 10.0. The fraction of sp³-hybridized carbons (Fsp3) is 0.0870. The highest BCUT2D eigenvalue weighted by molar-refractivity contribution is 7.80. The van der Waals surface area contributed by atoms with Crippen LogP contribution in [0.4, 0.5) is 5.69 Å². The number of amides is 2. The van der Waals surface area contributed by atoms with Crippen LogP contribution in [0.15, 0.2) is 60.2 Å². The third-order valence-corrected chi connectivity index (χ3v) is 5.54. The van der Waals surface area contributed by atoms with E-state index in [9.17, 15) is 9.59 Å². The molecule has 3 aromatic carbocycles. The number of methoxy groups -OCH3 is 2. The van der Waals surface area contributed by atoms with Crippen molar-refractivity contribution in [2.75, 3.05) is 19.1 Å². The Morgan fingerprint density at radius 2 is 1.77 bits per heavy atom. The summed E-state index contributed by atoms with van der Waals surface area (Å²) < 4.78 is 10.8. The number of anilines is 1. The van der Waals surface area contributed by atoms with E-state index in [0.717, 1.165) is 10.8 Å². The van der Waals surface area contributed by atoms with E-state index in [4.69, 9.17) is 33.3 Å². The Bertz CT molecular complexity index is 1270. The van der Waals surface area contributed by atoms with Crippen molar-refractivity contribution < 1.29 is 19.1 Å². The van der Waals surface area contributed by atoms with Gasteiger partial charge < -0.3 is 9.47 Å². The third kappa shape index (κ3) is 3.73. The lowest BCUT2D eigenvalue weighted by molar-refractivity contribution is -0.122. The number of hydrogen-bond donors (Lipinski definition) is 1. The van der Waals surface area contributed by atoms with Gasteiger partial charge >= 0.3 is 0 Å². The molecule has 0 unspecified atom stereocenters. The normalized spacial score (nSPS) is 15.4. The van der Waals surface area contributed by atoms with E-state index >= 15 is 0 Å². The molecule has 8 heteroatoms. The van der Waals surface area contributed by atoms with Crippen LogP contribution in [0.1, 0.15) is 5.56 Å². The third-order valence-electron chi connectivity index (χ3n) is 4.93. The van der Waals surface area contributed by atoms with Gasteiger partial charge in [-0.25, -0.2) is 0 Å². The molecule has 156 valence electrons. The van der Waals surface area contributed by atoms with Gasteiger partial charge in [-0.1, -0.05) is 35.9 Å². The summed E-state index contributed by atoms with van der Waals surface area (Å²) in [4.78, 5) is 27.3. The minimum atomic E-state index is -0.597. The summed E-state index contributed by atoms with van der Waals surface area (Å²) in [6, 6.07) is 16.0. The number of nitrogens with zero attached hydrogens (tertiary/aromatic N) is 1. The quantitative estimate of drug-likeness (QED) is 0.362. The highest BCUT2D eigenvalue weighted by Crippen LogP contribution is 2.34. The Hall–Kier alpha value is -3.42. The molecule has 1 fully saturated rings. The van der Waals surface area contributed by atoms with Gasteiger partial charge in [-0.15, -0.1) is 0 Å². The highest BCUT2D eigenvalue weighted by Gasteiger charge is 2.35. The molecule has 2 amide bonds. The minimum absolute atomic E-state index is 0.0354. The molecule has 0 bridgehead atoms. The van der Waals surface area contributed by atoms with Crippen molar-refractivity contribution in [3.8, 4) is 11.5 Å². The van der Waals surface area contributed by atoms with E-state index in [2.05, 4.69) is 5.32 Å². The summed E-state index contributed by atoms with van der Waals surface area (Å²) in [6.45, 7) is 0. The lowest BCUT2D eigenvalue weighted by Crippen LogP contribution is -2.54. The summed E-state index contributed by atoms with van der Waals surface area (Å²) in [5, 5.41) is 4.53. The summed E-state index contributed by atoms with van der Waals surface area (Å²) >= 11 is 11.5. The monoisotopic (exact) mass is 452 g/mol. The number of nitrogens with one attached hydrogen (secondary N) is 1. The van der Waals surface area contributed by atoms with Gasteiger partial charge in [-0.3, -0.25) is 19.8 Å². The molecule has 6 nitrogen and oxygen atoms in total. The number of carbonyl (C=O) groups excluding carboxylic acids is 2. The van der Waals surface area contributed by atoms with E-state index in [1.807, 2.05) is 24.3 Å². The second kappa shape index (κ2) is 8.37. The molecule has 0 atom stereocenters. The second-order valence-corrected chi connectivity index (χ2v) is 7.47. The molecule has 0 radical (unpaired) electrons. The van der Waals surface area contributed by atoms with Crippen LogP contribution in [0.2, 0.25) is 5.02 Å². The van der Waals surface area contributed by atoms with E-state index < -0.39 is 11.8 Å². The average Bonchev–Trinajstić information content (AvgIpc) is 2.77. The molecule has 1 heterocycles. The number of hydrogen-bond acceptors (Lipinski definition) is 5. The first-order valence-electron chi connectivity index (χ1n) is 9.25. The van der Waals surface area contributed by atoms with Crippen LogP contribution in [-0.4, -0.2) is 31.1 Å². The number of halogens is 1. The van der Waals surface area contributed by atoms with Crippen molar-refractivity contribution in [3.05, 3.63) is 70.8 Å². The maximum absolute atomic E-state index is 13.3. The largest absolute Gasteiger partial charge is 0.497 e. The maximum atomic E-state index is 13.3. The molecule has 0 saturated carbocycles. The van der Waals surface area contributed by atoms with Gasteiger partial charge in [-0.05, 0) is 59.4 Å². The molecule has 1 N–H and O–H groups in total. The molecule has 1 aliphatic heterocycles. The Labute approximate surface area is 189 Å². The van der Waals surface area contributed by atoms with Gasteiger partial charge in [0, 0.05) is 5.56 Å². The lowest BCUT2D eigenvalue weighted by atomic mass is 9.99. The Kier molecular flexibility index (Phi) is 5.63. The van der Waals surface area contributed by atoms with E-state index in [-0.39, 0.29) is 10.7 Å². The molecular formula is C23H17ClN2O4S. The number of rotatable bonds is 4. The summed E-state index contributed by atoms with van der Waals surface area (Å²) in [7, 11) is 3.09. The molecule has 31 heavy (non-hydrogen) atoms. The topological polar surface area (TPSA) is 67.9 Å². The van der Waals surface area contributed by atoms with Crippen LogP contribution in [0.25, 0.3) is 16.8 Å². The number of thiocarbonyl (C=S) groups is 1. The fourth-order valence-corrected chi connectivity index (χ4v) is 3.90. The van der Waals surface area contributed by atoms with Crippen LogP contribution >= 0.6 is 23.8 Å². The van der Waals surface area contributed by atoms with Crippen LogP contribution in [0.3, 0.4) is 0 Å². The van der Waals surface area contributed by atoms with Gasteiger partial charge in [0.2, 0.25) is 0 Å². The van der Waals surface area contributed by atoms with Gasteiger partial charge in [0.25, 0.3) is 11.8 Å². The van der Waals surface area contributed by atoms with Crippen molar-refractivity contribution in [2.24, 2.45) is 0 Å². The number of benzene rings is 3. The summed E-state index contributed by atoms with van der Waals surface area (Å²) in [6.07, 6.45) is 1.50. The summed E-state index contributed by atoms with van der Waals surface area (Å²) in [5.41, 5.74) is 0.864. The predicted molar refractivity (Wildman–Crippen MR) is 125 cm³/mol. The molecule has 3 aromatic rings. The molecule has 1 saturated heterocycles. The molecule has 1 aliphatic rings. The van der Waals surface area contributed by atoms with Crippen LogP contribution in [0, 0.1) is 0 Å². The first-order chi connectivity index (χ1) is 14.9. The maximum Gasteiger partial charge on any atom is 0.270 e. The molecule has 0 aliphatic carbocycles. The lowest BCUT2D eigenvalue weighted by Gasteiger charge is -2.29. The Morgan fingerprint density at radius 3 is 2.48 bits per heavy atom. The van der Waals surface area contributed by atoms with Gasteiger partial charge in [0.1, 0.15) is 17.1 Å². The van der Waals surface area contributed by atoms with Crippen molar-refractivity contribution in [1.29, 1.82) is 0 Å². The molecular weight excluding hydrogens is 436 g/mol. The molecule has 0 aromatic heterocycles. The Morgan fingerprint density at radius 1 is 1.03 bits per heavy atom. The zero-order valence-electron chi connectivity index (χ0n) is 16.6. The second-order valence-electron chi connectivity index (χ2n) is 6.68. The van der Waals surface area contributed by atoms with Gasteiger partial charge in [0.05, 0.1) is 24.9 Å². The minimum Gasteiger partial charge on any atom is -0.497 e. The SMILES string of the molecule is COc1ccc2ccc(OC)c(/C=C3\C(=O)NC(=S)N(c4ccccc4Cl)C3=O)c2c1. The average molecular weight is 453 g/mol. The predicted octanol–water partition coefficient (Wildman–Crippen LogP) is 4.34. The van der Waals surface area contributed by atoms with E-state index in [1.54, 1.807) is 37.4 Å². The standard InChI is InChI=1S/C23H17ClN2O4S/c1-29-14-9-7-13-8-10-20(30-2)16(15(13)11-14)12-17-21(27)25-23(31)26(22(17)28)19-6-4-3-5-18(19)24/h3-12H,1-2H3,(H,25,27,31)/b17-12+. The zero-order valence-corrected chi connectivity index (χ0v) is 18.2. The van der Waals surface area contributed by atoms with Crippen LogP contribution in [-0.2, 0) is 9.59 Å². The number of ether oxygens (including phenoxy) is 2. The van der Waals surface area contributed by atoms with Crippen molar-refractivity contribution in [1.82, 2.24) is 5.32 Å². The van der Waals surface area contributed by atoms with Crippen LogP contribution in [0.5, 0.6) is 11.5 Å². The van der Waals surface area contributed by atoms with Crippen molar-refractivity contribution >= 4 is 63.3 Å². The van der Waals surface area contributed by atoms with Gasteiger partial charge in [0.15, 0.2) is 5.11 Å². The smallest absolute Gasteiger partial charge is 0.270 e. The van der Waals surface area contributed by atoms with Crippen LogP contribution < -0.4 is 19.7 Å². The van der Waals surface area contributed by atoms with E-state index in [0.29, 0.717) is 27.8 Å². The van der Waals surface area contributed by atoms with Gasteiger partial charge in [-0.2, -0.15) is 0 Å². The fourth-order valence-electron chi connectivity index (χ4n) is 3.41. The Balaban J connectivity index is 1.90. The number of para-hydroxylation sites is 1.